The number of carbonyl (C=O) groups excluding carboxylic acids is 1. The van der Waals surface area contributed by atoms with Crippen LogP contribution in [0.3, 0.4) is 0 Å². The van der Waals surface area contributed by atoms with Crippen LogP contribution < -0.4 is 5.46 Å². The summed E-state index contributed by atoms with van der Waals surface area (Å²) in [5.41, 5.74) is 2.68. The van der Waals surface area contributed by atoms with Gasteiger partial charge in [0, 0.05) is 0 Å². The van der Waals surface area contributed by atoms with Gasteiger partial charge >= 0.3 is 13.1 Å². The number of ether oxygens (including phenoxy) is 1. The summed E-state index contributed by atoms with van der Waals surface area (Å²) >= 11 is 0. The minimum atomic E-state index is -0.409. The fraction of sp³-hybridized carbons (Fsp3) is 0.350. The Morgan fingerprint density at radius 3 is 2.08 bits per heavy atom. The van der Waals surface area contributed by atoms with Gasteiger partial charge in [-0.15, -0.1) is 0 Å². The number of rotatable bonds is 3. The van der Waals surface area contributed by atoms with Crippen molar-refractivity contribution in [1.29, 1.82) is 0 Å². The topological polar surface area (TPSA) is 44.8 Å². The van der Waals surface area contributed by atoms with E-state index >= 15 is 0 Å². The predicted octanol–water partition coefficient (Wildman–Crippen LogP) is 3.44. The molecule has 0 atom stereocenters. The molecule has 1 heterocycles. The van der Waals surface area contributed by atoms with Crippen LogP contribution >= 0.6 is 0 Å². The average Bonchev–Trinajstić information content (AvgIpc) is 2.82. The molecule has 3 rings (SSSR count). The lowest BCUT2D eigenvalue weighted by Gasteiger charge is -2.32. The van der Waals surface area contributed by atoms with Crippen LogP contribution in [0.15, 0.2) is 48.5 Å². The van der Waals surface area contributed by atoms with Gasteiger partial charge in [0.2, 0.25) is 0 Å². The fourth-order valence-electron chi connectivity index (χ4n) is 2.79. The van der Waals surface area contributed by atoms with Gasteiger partial charge in [-0.1, -0.05) is 36.4 Å². The largest absolute Gasteiger partial charge is 0.494 e. The van der Waals surface area contributed by atoms with Gasteiger partial charge in [0.1, 0.15) is 0 Å². The zero-order chi connectivity index (χ0) is 18.2. The zero-order valence-electron chi connectivity index (χ0n) is 15.3. The highest BCUT2D eigenvalue weighted by atomic mass is 16.7. The molecule has 0 unspecified atom stereocenters. The molecule has 1 aliphatic heterocycles. The highest BCUT2D eigenvalue weighted by Gasteiger charge is 2.51. The van der Waals surface area contributed by atoms with Crippen molar-refractivity contribution in [3.63, 3.8) is 0 Å². The maximum Gasteiger partial charge on any atom is 0.494 e. The summed E-state index contributed by atoms with van der Waals surface area (Å²) < 4.78 is 17.0. The first-order valence-corrected chi connectivity index (χ1v) is 8.38. The molecule has 25 heavy (non-hydrogen) atoms. The molecule has 4 nitrogen and oxygen atoms in total. The molecule has 1 saturated heterocycles. The third-order valence-electron chi connectivity index (χ3n) is 5.03. The number of carbonyl (C=O) groups is 1. The van der Waals surface area contributed by atoms with E-state index in [0.29, 0.717) is 5.56 Å². The Kier molecular flexibility index (Phi) is 4.48. The van der Waals surface area contributed by atoms with Crippen molar-refractivity contribution in [2.45, 2.75) is 38.9 Å². The molecule has 2 aromatic carbocycles. The second-order valence-electron chi connectivity index (χ2n) is 7.29. The van der Waals surface area contributed by atoms with E-state index in [1.54, 1.807) is 6.07 Å². The standard InChI is InChI=1S/C20H23BO4/c1-19(2)20(3,4)25-21(24-19)17-11-7-9-15(13-17)14-8-6-10-16(12-14)18(22)23-5/h6-13H,1-5H3. The lowest BCUT2D eigenvalue weighted by Crippen LogP contribution is -2.41. The van der Waals surface area contributed by atoms with Crippen LogP contribution in [-0.2, 0) is 14.0 Å². The van der Waals surface area contributed by atoms with E-state index in [0.717, 1.165) is 16.6 Å². The maximum atomic E-state index is 11.8. The number of hydrogen-bond donors (Lipinski definition) is 0. The van der Waals surface area contributed by atoms with E-state index in [-0.39, 0.29) is 17.2 Å². The maximum absolute atomic E-state index is 11.8. The lowest BCUT2D eigenvalue weighted by atomic mass is 9.78. The minimum absolute atomic E-state index is 0.344. The van der Waals surface area contributed by atoms with E-state index in [2.05, 4.69) is 0 Å². The predicted molar refractivity (Wildman–Crippen MR) is 98.9 cm³/mol. The monoisotopic (exact) mass is 338 g/mol. The molecule has 0 N–H and O–H groups in total. The van der Waals surface area contributed by atoms with Gasteiger partial charge in [-0.2, -0.15) is 0 Å². The second-order valence-corrected chi connectivity index (χ2v) is 7.29. The Morgan fingerprint density at radius 1 is 0.920 bits per heavy atom. The first-order chi connectivity index (χ1) is 11.7. The third-order valence-corrected chi connectivity index (χ3v) is 5.03. The van der Waals surface area contributed by atoms with Crippen molar-refractivity contribution in [3.8, 4) is 11.1 Å². The van der Waals surface area contributed by atoms with E-state index in [9.17, 15) is 4.79 Å². The van der Waals surface area contributed by atoms with Crippen LogP contribution in [0.1, 0.15) is 38.1 Å². The van der Waals surface area contributed by atoms with Crippen LogP contribution in [-0.4, -0.2) is 31.4 Å². The summed E-state index contributed by atoms with van der Waals surface area (Å²) in [5.74, 6) is -0.344. The Morgan fingerprint density at radius 2 is 1.48 bits per heavy atom. The van der Waals surface area contributed by atoms with Crippen molar-refractivity contribution < 1.29 is 18.8 Å². The van der Waals surface area contributed by atoms with Crippen molar-refractivity contribution in [2.24, 2.45) is 0 Å². The highest BCUT2D eigenvalue weighted by molar-refractivity contribution is 6.62. The first kappa shape index (κ1) is 17.7. The molecule has 0 spiro atoms. The van der Waals surface area contributed by atoms with Crippen molar-refractivity contribution >= 4 is 18.6 Å². The molecular weight excluding hydrogens is 315 g/mol. The Balaban J connectivity index is 1.92. The number of hydrogen-bond acceptors (Lipinski definition) is 4. The molecule has 2 aromatic rings. The van der Waals surface area contributed by atoms with Gasteiger partial charge in [-0.3, -0.25) is 0 Å². The van der Waals surface area contributed by atoms with Crippen molar-refractivity contribution in [3.05, 3.63) is 54.1 Å². The van der Waals surface area contributed by atoms with E-state index in [1.165, 1.54) is 7.11 Å². The van der Waals surface area contributed by atoms with Gasteiger partial charge in [0.25, 0.3) is 0 Å². The SMILES string of the molecule is COC(=O)c1cccc(-c2cccc(B3OC(C)(C)C(C)(C)O3)c2)c1. The molecule has 0 radical (unpaired) electrons. The smallest absolute Gasteiger partial charge is 0.465 e. The van der Waals surface area contributed by atoms with E-state index in [4.69, 9.17) is 14.0 Å². The molecular formula is C20H23BO4. The molecule has 1 aliphatic rings. The summed E-state index contributed by atoms with van der Waals surface area (Å²) in [4.78, 5) is 11.8. The van der Waals surface area contributed by atoms with Crippen LogP contribution in [0.4, 0.5) is 0 Å². The summed E-state index contributed by atoms with van der Waals surface area (Å²) in [6, 6.07) is 15.4. The molecule has 0 bridgehead atoms. The summed E-state index contributed by atoms with van der Waals surface area (Å²) in [5, 5.41) is 0. The Bertz CT molecular complexity index is 782. The molecule has 0 amide bonds. The van der Waals surface area contributed by atoms with Gasteiger partial charge in [0.05, 0.1) is 23.9 Å². The summed E-state index contributed by atoms with van der Waals surface area (Å²) in [7, 11) is 0.974. The highest BCUT2D eigenvalue weighted by Crippen LogP contribution is 2.36. The van der Waals surface area contributed by atoms with Gasteiger partial charge in [0.15, 0.2) is 0 Å². The van der Waals surface area contributed by atoms with Crippen molar-refractivity contribution in [1.82, 2.24) is 0 Å². The Labute approximate surface area is 149 Å². The Hall–Kier alpha value is -2.11. The lowest BCUT2D eigenvalue weighted by molar-refractivity contribution is 0.00578. The molecule has 0 saturated carbocycles. The molecule has 0 aliphatic carbocycles. The zero-order valence-corrected chi connectivity index (χ0v) is 15.3. The van der Waals surface area contributed by atoms with Gasteiger partial charge < -0.3 is 14.0 Å². The summed E-state index contributed by atoms with van der Waals surface area (Å²) in [6.07, 6.45) is 0. The number of methoxy groups -OCH3 is 1. The summed E-state index contributed by atoms with van der Waals surface area (Å²) in [6.45, 7) is 8.15. The second kappa shape index (κ2) is 6.32. The van der Waals surface area contributed by atoms with Crippen LogP contribution in [0.5, 0.6) is 0 Å². The quantitative estimate of drug-likeness (QED) is 0.635. The molecule has 5 heteroatoms. The normalized spacial score (nSPS) is 18.2. The molecule has 1 fully saturated rings. The third kappa shape index (κ3) is 3.35. The molecule has 130 valence electrons. The first-order valence-electron chi connectivity index (χ1n) is 8.38. The molecule has 0 aromatic heterocycles. The number of benzene rings is 2. The van der Waals surface area contributed by atoms with Gasteiger partial charge in [-0.05, 0) is 56.4 Å². The average molecular weight is 338 g/mol. The van der Waals surface area contributed by atoms with Crippen LogP contribution in [0.25, 0.3) is 11.1 Å². The van der Waals surface area contributed by atoms with E-state index in [1.807, 2.05) is 70.2 Å². The fourth-order valence-corrected chi connectivity index (χ4v) is 2.79. The minimum Gasteiger partial charge on any atom is -0.465 e. The van der Waals surface area contributed by atoms with Crippen LogP contribution in [0, 0.1) is 0 Å². The van der Waals surface area contributed by atoms with Crippen LogP contribution in [0.2, 0.25) is 0 Å². The number of esters is 1. The van der Waals surface area contributed by atoms with Crippen molar-refractivity contribution in [2.75, 3.05) is 7.11 Å². The van der Waals surface area contributed by atoms with E-state index < -0.39 is 7.12 Å². The van der Waals surface area contributed by atoms with Gasteiger partial charge in [-0.25, -0.2) is 4.79 Å².